The number of hydrogen-bond acceptors (Lipinski definition) is 10. The van der Waals surface area contributed by atoms with E-state index in [1.165, 1.54) is 13.1 Å². The number of amides is 1. The van der Waals surface area contributed by atoms with Gasteiger partial charge in [-0.05, 0) is 63.1 Å². The summed E-state index contributed by atoms with van der Waals surface area (Å²) in [5, 5.41) is 2.75. The van der Waals surface area contributed by atoms with E-state index >= 15 is 0 Å². The molecular weight excluding hydrogens is 544 g/mol. The molecule has 0 saturated carbocycles. The first-order chi connectivity index (χ1) is 20.7. The van der Waals surface area contributed by atoms with Crippen molar-refractivity contribution in [3.05, 3.63) is 66.6 Å². The maximum Gasteiger partial charge on any atom is 0.247 e. The molecule has 3 N–H and O–H groups in total. The predicted octanol–water partition coefficient (Wildman–Crippen LogP) is 4.15. The highest BCUT2D eigenvalue weighted by Gasteiger charge is 2.17. The van der Waals surface area contributed by atoms with Crippen molar-refractivity contribution in [3.63, 3.8) is 0 Å². The number of allylic oxidation sites excluding steroid dienone is 1. The predicted molar refractivity (Wildman–Crippen MR) is 180 cm³/mol. The van der Waals surface area contributed by atoms with Gasteiger partial charge in [0.2, 0.25) is 5.91 Å². The number of nitrogens with zero attached hydrogens (tertiary/aromatic N) is 6. The smallest absolute Gasteiger partial charge is 0.247 e. The highest BCUT2D eigenvalue weighted by molar-refractivity contribution is 6.29. The van der Waals surface area contributed by atoms with Crippen molar-refractivity contribution in [2.45, 2.75) is 13.8 Å². The summed E-state index contributed by atoms with van der Waals surface area (Å²) < 4.78 is 5.68. The second kappa shape index (κ2) is 17.4. The van der Waals surface area contributed by atoms with E-state index < -0.39 is 0 Å². The van der Waals surface area contributed by atoms with Crippen LogP contribution >= 0.6 is 0 Å². The topological polar surface area (TPSA) is 128 Å². The molecule has 1 aliphatic rings. The molecule has 3 rings (SSSR count). The Kier molecular flexibility index (Phi) is 14.0. The number of likely N-dealkylation sites (N-methyl/N-ethyl adjacent to an activating group) is 1. The fourth-order valence-corrected chi connectivity index (χ4v) is 4.20. The maximum atomic E-state index is 11.9. The molecule has 0 unspecified atom stereocenters. The van der Waals surface area contributed by atoms with Crippen molar-refractivity contribution >= 4 is 53.6 Å². The summed E-state index contributed by atoms with van der Waals surface area (Å²) in [6, 6.07) is 13.1. The van der Waals surface area contributed by atoms with Gasteiger partial charge < -0.3 is 30.5 Å². The number of nitrogens with one attached hydrogen (secondary N) is 1. The van der Waals surface area contributed by atoms with E-state index in [4.69, 9.17) is 9.73 Å². The standard InChI is InChI=1S/C31H39N7O3.CH5N/c1-8-30(40)34-23-10-9-11-24(18-23)37(6)31(32-4)27(35-28(21-39)22(2)3)20-33-26-13-12-25(19-29(26)41-7)38-16-14-36(5)15-17-38;1-2/h8-13,18-22H,1,4,14-17H2,2-3,5-7H3,(H,34,40);2H2,1H3/b31-27-,33-20?,35-28?;. The third-order valence-electron chi connectivity index (χ3n) is 6.70. The summed E-state index contributed by atoms with van der Waals surface area (Å²) in [4.78, 5) is 43.6. The molecule has 0 atom stereocenters. The van der Waals surface area contributed by atoms with Gasteiger partial charge in [-0.15, -0.1) is 0 Å². The molecule has 0 aliphatic carbocycles. The van der Waals surface area contributed by atoms with Crippen molar-refractivity contribution < 1.29 is 14.3 Å². The molecule has 1 aliphatic heterocycles. The lowest BCUT2D eigenvalue weighted by Gasteiger charge is -2.34. The first-order valence-electron chi connectivity index (χ1n) is 14.0. The van der Waals surface area contributed by atoms with E-state index in [1.54, 1.807) is 43.5 Å². The molecule has 0 aromatic heterocycles. The zero-order valence-electron chi connectivity index (χ0n) is 26.1. The quantitative estimate of drug-likeness (QED) is 0.217. The summed E-state index contributed by atoms with van der Waals surface area (Å²) >= 11 is 0. The molecule has 43 heavy (non-hydrogen) atoms. The minimum Gasteiger partial charge on any atom is -0.494 e. The van der Waals surface area contributed by atoms with Crippen molar-refractivity contribution in [1.82, 2.24) is 4.90 Å². The fourth-order valence-electron chi connectivity index (χ4n) is 4.20. The van der Waals surface area contributed by atoms with Crippen LogP contribution in [0.5, 0.6) is 5.75 Å². The van der Waals surface area contributed by atoms with E-state index in [-0.39, 0.29) is 11.8 Å². The van der Waals surface area contributed by atoms with Gasteiger partial charge in [-0.3, -0.25) is 14.6 Å². The van der Waals surface area contributed by atoms with Gasteiger partial charge in [0.25, 0.3) is 0 Å². The Balaban J connectivity index is 0.00000316. The lowest BCUT2D eigenvalue weighted by atomic mass is 10.1. The van der Waals surface area contributed by atoms with E-state index in [0.717, 1.165) is 38.2 Å². The maximum absolute atomic E-state index is 11.9. The van der Waals surface area contributed by atoms with Gasteiger partial charge in [0, 0.05) is 56.4 Å². The fraction of sp³-hybridized carbons (Fsp3) is 0.344. The molecule has 1 saturated heterocycles. The number of aldehydes is 1. The summed E-state index contributed by atoms with van der Waals surface area (Å²) in [5.74, 6) is 0.545. The van der Waals surface area contributed by atoms with Crippen molar-refractivity contribution in [2.24, 2.45) is 26.6 Å². The Labute approximate surface area is 255 Å². The number of anilines is 3. The molecule has 2 aromatic rings. The van der Waals surface area contributed by atoms with Crippen LogP contribution in [-0.4, -0.2) is 90.2 Å². The van der Waals surface area contributed by atoms with Crippen LogP contribution in [0.1, 0.15) is 13.8 Å². The molecule has 1 amide bonds. The highest BCUT2D eigenvalue weighted by Crippen LogP contribution is 2.33. The zero-order chi connectivity index (χ0) is 31.9. The summed E-state index contributed by atoms with van der Waals surface area (Å²) in [6.07, 6.45) is 3.49. The normalized spacial score (nSPS) is 14.4. The van der Waals surface area contributed by atoms with Crippen molar-refractivity contribution in [3.8, 4) is 5.75 Å². The van der Waals surface area contributed by atoms with Gasteiger partial charge >= 0.3 is 0 Å². The molecule has 11 nitrogen and oxygen atoms in total. The van der Waals surface area contributed by atoms with Crippen LogP contribution in [0.25, 0.3) is 0 Å². The summed E-state index contributed by atoms with van der Waals surface area (Å²) in [6.45, 7) is 14.9. The number of aliphatic imine (C=N–C) groups is 3. The lowest BCUT2D eigenvalue weighted by molar-refractivity contribution is -0.111. The number of methoxy groups -OCH3 is 1. The van der Waals surface area contributed by atoms with Gasteiger partial charge in [-0.25, -0.2) is 9.98 Å². The average molecular weight is 589 g/mol. The van der Waals surface area contributed by atoms with Gasteiger partial charge in [-0.1, -0.05) is 26.5 Å². The van der Waals surface area contributed by atoms with Crippen LogP contribution in [0.4, 0.5) is 22.7 Å². The monoisotopic (exact) mass is 588 g/mol. The third-order valence-corrected chi connectivity index (χ3v) is 6.70. The minimum absolute atomic E-state index is 0.123. The van der Waals surface area contributed by atoms with E-state index in [9.17, 15) is 9.59 Å². The van der Waals surface area contributed by atoms with Crippen molar-refractivity contribution in [2.75, 3.05) is 69.5 Å². The number of carbonyl (C=O) groups excluding carboxylic acids is 2. The molecule has 0 radical (unpaired) electrons. The second-order valence-electron chi connectivity index (χ2n) is 9.88. The number of ether oxygens (including phenoxy) is 1. The van der Waals surface area contributed by atoms with Gasteiger partial charge in [0.05, 0.1) is 19.0 Å². The molecule has 0 bridgehead atoms. The number of carbonyl (C=O) groups is 2. The van der Waals surface area contributed by atoms with Crippen LogP contribution in [0.2, 0.25) is 0 Å². The number of piperazine rings is 1. The Hall–Kier alpha value is -4.61. The number of nitrogens with two attached hydrogens (primary N) is 1. The Bertz CT molecular complexity index is 1360. The van der Waals surface area contributed by atoms with Crippen LogP contribution in [0.3, 0.4) is 0 Å². The molecule has 0 spiro atoms. The largest absolute Gasteiger partial charge is 0.494 e. The Morgan fingerprint density at radius 1 is 1.14 bits per heavy atom. The molecule has 1 heterocycles. The van der Waals surface area contributed by atoms with E-state index in [1.807, 2.05) is 38.1 Å². The zero-order valence-corrected chi connectivity index (χ0v) is 26.1. The number of benzene rings is 2. The molecule has 2 aromatic carbocycles. The van der Waals surface area contributed by atoms with Gasteiger partial charge in [0.1, 0.15) is 17.1 Å². The number of rotatable bonds is 12. The van der Waals surface area contributed by atoms with Crippen LogP contribution in [-0.2, 0) is 9.59 Å². The summed E-state index contributed by atoms with van der Waals surface area (Å²) in [5.41, 5.74) is 8.15. The third kappa shape index (κ3) is 9.73. The number of hydrogen-bond donors (Lipinski definition) is 2. The van der Waals surface area contributed by atoms with E-state index in [2.05, 4.69) is 51.2 Å². The SMILES string of the molecule is C=CC(=O)Nc1cccc(N(C)/C(N=C)=C(/C=Nc2ccc(N3CCN(C)CC3)cc2OC)N=C(C=O)C(C)C)c1.CN. The Morgan fingerprint density at radius 3 is 2.42 bits per heavy atom. The Morgan fingerprint density at radius 2 is 1.84 bits per heavy atom. The van der Waals surface area contributed by atoms with Gasteiger partial charge in [0.15, 0.2) is 12.1 Å². The van der Waals surface area contributed by atoms with E-state index in [0.29, 0.717) is 40.0 Å². The first kappa shape index (κ1) is 34.6. The van der Waals surface area contributed by atoms with Crippen LogP contribution in [0.15, 0.2) is 81.6 Å². The molecule has 1 fully saturated rings. The van der Waals surface area contributed by atoms with Crippen molar-refractivity contribution in [1.29, 1.82) is 0 Å². The average Bonchev–Trinajstić information content (AvgIpc) is 3.03. The minimum atomic E-state index is -0.319. The highest BCUT2D eigenvalue weighted by atomic mass is 16.5. The lowest BCUT2D eigenvalue weighted by Crippen LogP contribution is -2.44. The second-order valence-corrected chi connectivity index (χ2v) is 9.88. The van der Waals surface area contributed by atoms with Gasteiger partial charge in [-0.2, -0.15) is 0 Å². The van der Waals surface area contributed by atoms with Crippen LogP contribution < -0.4 is 25.6 Å². The van der Waals surface area contributed by atoms with Crippen LogP contribution in [0, 0.1) is 5.92 Å². The first-order valence-corrected chi connectivity index (χ1v) is 14.0. The molecule has 11 heteroatoms. The molecular formula is C32H44N8O3. The molecule has 230 valence electrons. The summed E-state index contributed by atoms with van der Waals surface area (Å²) in [7, 11) is 7.03.